The molecule has 160 valence electrons. The number of carbonyl (C=O) groups excluding carboxylic acids is 1. The average molecular weight is 492 g/mol. The van der Waals surface area contributed by atoms with Gasteiger partial charge in [-0.2, -0.15) is 0 Å². The van der Waals surface area contributed by atoms with Crippen LogP contribution in [0.4, 0.5) is 0 Å². The van der Waals surface area contributed by atoms with Crippen LogP contribution in [0.15, 0.2) is 85.4 Å². The summed E-state index contributed by atoms with van der Waals surface area (Å²) < 4.78 is 11.4. The highest BCUT2D eigenvalue weighted by Crippen LogP contribution is 2.38. The molecule has 0 aliphatic carbocycles. The Labute approximate surface area is 191 Å². The zero-order valence-electron chi connectivity index (χ0n) is 17.0. The number of aliphatic imine (C=N–C) groups is 1. The minimum Gasteiger partial charge on any atom is -0.463 e. The molecule has 1 aromatic heterocycles. The zero-order chi connectivity index (χ0) is 22.2. The Morgan fingerprint density at radius 2 is 1.84 bits per heavy atom. The molecule has 0 bridgehead atoms. The van der Waals surface area contributed by atoms with Crippen molar-refractivity contribution in [1.82, 2.24) is 10.9 Å². The number of fused-ring (bicyclic) bond motifs is 3. The van der Waals surface area contributed by atoms with Gasteiger partial charge < -0.3 is 9.15 Å². The summed E-state index contributed by atoms with van der Waals surface area (Å²) in [7, 11) is 1.30. The molecule has 4 aromatic rings. The van der Waals surface area contributed by atoms with Crippen LogP contribution in [-0.4, -0.2) is 18.9 Å². The van der Waals surface area contributed by atoms with Crippen molar-refractivity contribution >= 4 is 49.5 Å². The molecule has 0 radical (unpaired) electrons. The SMILES string of the molecule is COC(=O)C1=NC(c2ccc(Br)cc2)C(c2cc(=O)oc3c2ccc2ccccc23)NN1. The number of ether oxygens (including phenoxy) is 1. The van der Waals surface area contributed by atoms with Crippen molar-refractivity contribution in [2.45, 2.75) is 12.1 Å². The summed E-state index contributed by atoms with van der Waals surface area (Å²) in [6.07, 6.45) is 0. The van der Waals surface area contributed by atoms with Crippen LogP contribution >= 0.6 is 15.9 Å². The lowest BCUT2D eigenvalue weighted by Gasteiger charge is -2.32. The molecule has 0 fully saturated rings. The summed E-state index contributed by atoms with van der Waals surface area (Å²) >= 11 is 3.45. The third-order valence-electron chi connectivity index (χ3n) is 5.52. The van der Waals surface area contributed by atoms with Gasteiger partial charge in [0.2, 0.25) is 5.84 Å². The van der Waals surface area contributed by atoms with E-state index in [-0.39, 0.29) is 5.84 Å². The van der Waals surface area contributed by atoms with Crippen molar-refractivity contribution < 1.29 is 13.9 Å². The van der Waals surface area contributed by atoms with Crippen LogP contribution in [-0.2, 0) is 9.53 Å². The molecule has 3 aromatic carbocycles. The average Bonchev–Trinajstić information content (AvgIpc) is 2.83. The van der Waals surface area contributed by atoms with Crippen molar-refractivity contribution in [3.8, 4) is 0 Å². The Bertz CT molecular complexity index is 1430. The number of hydrazine groups is 1. The number of rotatable bonds is 3. The molecule has 1 aliphatic rings. The van der Waals surface area contributed by atoms with Gasteiger partial charge in [-0.3, -0.25) is 10.4 Å². The number of benzene rings is 3. The highest BCUT2D eigenvalue weighted by Gasteiger charge is 2.33. The molecule has 8 heteroatoms. The van der Waals surface area contributed by atoms with Crippen molar-refractivity contribution in [3.63, 3.8) is 0 Å². The first kappa shape index (κ1) is 20.4. The number of carbonyl (C=O) groups is 1. The van der Waals surface area contributed by atoms with Crippen LogP contribution in [0.25, 0.3) is 21.7 Å². The molecule has 0 saturated carbocycles. The Morgan fingerprint density at radius 3 is 2.62 bits per heavy atom. The third-order valence-corrected chi connectivity index (χ3v) is 6.05. The van der Waals surface area contributed by atoms with E-state index in [2.05, 4.69) is 31.8 Å². The van der Waals surface area contributed by atoms with Crippen LogP contribution < -0.4 is 16.5 Å². The predicted molar refractivity (Wildman–Crippen MR) is 125 cm³/mol. The summed E-state index contributed by atoms with van der Waals surface area (Å²) in [6, 6.07) is 19.9. The van der Waals surface area contributed by atoms with Crippen LogP contribution in [0.2, 0.25) is 0 Å². The summed E-state index contributed by atoms with van der Waals surface area (Å²) in [5.74, 6) is -0.518. The molecule has 0 amide bonds. The van der Waals surface area contributed by atoms with Gasteiger partial charge in [0.1, 0.15) is 5.58 Å². The van der Waals surface area contributed by atoms with Crippen LogP contribution in [0.3, 0.4) is 0 Å². The fraction of sp³-hybridized carbons (Fsp3) is 0.125. The van der Waals surface area contributed by atoms with E-state index in [1.54, 1.807) is 0 Å². The lowest BCUT2D eigenvalue weighted by molar-refractivity contribution is -0.133. The second-order valence-electron chi connectivity index (χ2n) is 7.40. The van der Waals surface area contributed by atoms with Crippen molar-refractivity contribution in [1.29, 1.82) is 0 Å². The molecule has 2 unspecified atom stereocenters. The molecule has 0 spiro atoms. The van der Waals surface area contributed by atoms with Gasteiger partial charge in [-0.15, -0.1) is 0 Å². The highest BCUT2D eigenvalue weighted by atomic mass is 79.9. The summed E-state index contributed by atoms with van der Waals surface area (Å²) in [5, 5.41) is 2.62. The fourth-order valence-corrected chi connectivity index (χ4v) is 4.28. The minimum absolute atomic E-state index is 0.0642. The van der Waals surface area contributed by atoms with E-state index in [1.807, 2.05) is 60.7 Å². The molecule has 5 rings (SSSR count). The first-order chi connectivity index (χ1) is 15.5. The number of hydrogen-bond donors (Lipinski definition) is 2. The highest BCUT2D eigenvalue weighted by molar-refractivity contribution is 9.10. The van der Waals surface area contributed by atoms with E-state index in [0.717, 1.165) is 31.8 Å². The molecule has 2 atom stereocenters. The van der Waals surface area contributed by atoms with Crippen LogP contribution in [0.5, 0.6) is 0 Å². The maximum atomic E-state index is 12.6. The Hall–Kier alpha value is -3.49. The largest absolute Gasteiger partial charge is 0.463 e. The molecule has 2 heterocycles. The number of amidine groups is 1. The standard InChI is InChI=1S/C24H18BrN3O4/c1-31-24(30)23-26-20(14-6-9-15(25)10-7-14)21(27-28-23)18-12-19(29)32-22-16-5-3-2-4-13(16)8-11-17(18)22/h2-12,20-21,27H,1H3,(H,26,28). The number of esters is 1. The number of halogens is 1. The zero-order valence-corrected chi connectivity index (χ0v) is 18.5. The smallest absolute Gasteiger partial charge is 0.374 e. The number of methoxy groups -OCH3 is 1. The van der Waals surface area contributed by atoms with E-state index in [0.29, 0.717) is 5.58 Å². The Kier molecular flexibility index (Phi) is 5.24. The topological polar surface area (TPSA) is 92.9 Å². The fourth-order valence-electron chi connectivity index (χ4n) is 4.02. The minimum atomic E-state index is -0.582. The van der Waals surface area contributed by atoms with E-state index < -0.39 is 23.7 Å². The molecule has 7 nitrogen and oxygen atoms in total. The molecule has 1 aliphatic heterocycles. The van der Waals surface area contributed by atoms with E-state index in [1.165, 1.54) is 13.2 Å². The van der Waals surface area contributed by atoms with Gasteiger partial charge in [-0.1, -0.05) is 64.5 Å². The van der Waals surface area contributed by atoms with Crippen LogP contribution in [0.1, 0.15) is 23.2 Å². The first-order valence-electron chi connectivity index (χ1n) is 9.94. The maximum Gasteiger partial charge on any atom is 0.374 e. The molecular weight excluding hydrogens is 474 g/mol. The molecule has 0 saturated heterocycles. The molecule has 32 heavy (non-hydrogen) atoms. The number of nitrogens with zero attached hydrogens (tertiary/aromatic N) is 1. The van der Waals surface area contributed by atoms with Crippen molar-refractivity contribution in [2.75, 3.05) is 7.11 Å². The third kappa shape index (κ3) is 3.57. The second-order valence-corrected chi connectivity index (χ2v) is 8.31. The summed E-state index contributed by atoms with van der Waals surface area (Å²) in [5.41, 5.74) is 7.64. The van der Waals surface area contributed by atoms with E-state index in [9.17, 15) is 9.59 Å². The van der Waals surface area contributed by atoms with Gasteiger partial charge in [-0.25, -0.2) is 15.0 Å². The monoisotopic (exact) mass is 491 g/mol. The summed E-state index contributed by atoms with van der Waals surface area (Å²) in [6.45, 7) is 0. The Balaban J connectivity index is 1.72. The van der Waals surface area contributed by atoms with Gasteiger partial charge in [-0.05, 0) is 28.6 Å². The predicted octanol–water partition coefficient (Wildman–Crippen LogP) is 4.17. The second kappa shape index (κ2) is 8.22. The van der Waals surface area contributed by atoms with Crippen molar-refractivity contribution in [3.05, 3.63) is 92.7 Å². The van der Waals surface area contributed by atoms with Crippen LogP contribution in [0, 0.1) is 0 Å². The summed E-state index contributed by atoms with van der Waals surface area (Å²) in [4.78, 5) is 29.3. The molecular formula is C24H18BrN3O4. The lowest BCUT2D eigenvalue weighted by atomic mass is 9.91. The van der Waals surface area contributed by atoms with Gasteiger partial charge >= 0.3 is 11.6 Å². The van der Waals surface area contributed by atoms with Gasteiger partial charge in [0.05, 0.1) is 19.2 Å². The van der Waals surface area contributed by atoms with Gasteiger partial charge in [0.15, 0.2) is 0 Å². The number of nitrogens with one attached hydrogen (secondary N) is 2. The number of hydrogen-bond acceptors (Lipinski definition) is 7. The van der Waals surface area contributed by atoms with E-state index >= 15 is 0 Å². The van der Waals surface area contributed by atoms with Crippen molar-refractivity contribution in [2.24, 2.45) is 4.99 Å². The Morgan fingerprint density at radius 1 is 1.06 bits per heavy atom. The quantitative estimate of drug-likeness (QED) is 0.254. The van der Waals surface area contributed by atoms with Gasteiger partial charge in [0, 0.05) is 21.3 Å². The lowest BCUT2D eigenvalue weighted by Crippen LogP contribution is -2.49. The normalized spacial score (nSPS) is 18.2. The van der Waals surface area contributed by atoms with Gasteiger partial charge in [0.25, 0.3) is 0 Å². The van der Waals surface area contributed by atoms with E-state index in [4.69, 9.17) is 9.15 Å². The maximum absolute atomic E-state index is 12.6. The molecule has 2 N–H and O–H groups in total. The first-order valence-corrected chi connectivity index (χ1v) is 10.7.